The van der Waals surface area contributed by atoms with Crippen LogP contribution < -0.4 is 5.73 Å². The number of likely N-dealkylation sites (tertiary alicyclic amines) is 1. The average Bonchev–Trinajstić information content (AvgIpc) is 3.16. The number of nitrogens with zero attached hydrogens (tertiary/aromatic N) is 3. The molecule has 126 valence electrons. The van der Waals surface area contributed by atoms with Gasteiger partial charge in [-0.25, -0.2) is 4.98 Å². The number of nitrogens with two attached hydrogens (primary N) is 1. The Morgan fingerprint density at radius 3 is 2.78 bits per heavy atom. The summed E-state index contributed by atoms with van der Waals surface area (Å²) in [5.41, 5.74) is 7.40. The predicted molar refractivity (Wildman–Crippen MR) is 95.7 cm³/mol. The van der Waals surface area contributed by atoms with Crippen LogP contribution in [-0.2, 0) is 0 Å². The Morgan fingerprint density at radius 1 is 1.39 bits per heavy atom. The largest absolute Gasteiger partial charge is 0.336 e. The van der Waals surface area contributed by atoms with E-state index in [4.69, 9.17) is 5.73 Å². The van der Waals surface area contributed by atoms with Crippen LogP contribution >= 0.6 is 24.8 Å². The van der Waals surface area contributed by atoms with E-state index >= 15 is 0 Å². The van der Waals surface area contributed by atoms with Gasteiger partial charge in [-0.3, -0.25) is 4.79 Å². The van der Waals surface area contributed by atoms with Gasteiger partial charge in [0.2, 0.25) is 0 Å². The highest BCUT2D eigenvalue weighted by atomic mass is 35.5. The van der Waals surface area contributed by atoms with Crippen molar-refractivity contribution in [2.24, 2.45) is 11.7 Å². The lowest BCUT2D eigenvalue weighted by Crippen LogP contribution is -2.34. The van der Waals surface area contributed by atoms with Crippen LogP contribution in [0.15, 0.2) is 43.0 Å². The maximum atomic E-state index is 12.7. The van der Waals surface area contributed by atoms with E-state index in [0.29, 0.717) is 18.0 Å². The van der Waals surface area contributed by atoms with Crippen LogP contribution in [0.4, 0.5) is 0 Å². The number of rotatable bonds is 3. The van der Waals surface area contributed by atoms with Crippen molar-refractivity contribution in [2.75, 3.05) is 13.1 Å². The minimum absolute atomic E-state index is 0. The van der Waals surface area contributed by atoms with Gasteiger partial charge >= 0.3 is 0 Å². The number of hydrogen-bond donors (Lipinski definition) is 1. The van der Waals surface area contributed by atoms with Gasteiger partial charge < -0.3 is 15.2 Å². The van der Waals surface area contributed by atoms with Gasteiger partial charge in [0.1, 0.15) is 0 Å². The monoisotopic (exact) mass is 356 g/mol. The standard InChI is InChI=1S/C16H20N4O.2ClH/c1-12-7-13(9-17)10-20(12)16(21)14-3-2-4-15(8-14)19-6-5-18-11-19;;/h2-6,8,11-13H,7,9-10,17H2,1H3;2*1H. The minimum atomic E-state index is 0. The zero-order chi connectivity index (χ0) is 14.8. The number of carbonyl (C=O) groups is 1. The third kappa shape index (κ3) is 4.05. The van der Waals surface area contributed by atoms with E-state index in [9.17, 15) is 4.79 Å². The van der Waals surface area contributed by atoms with Crippen molar-refractivity contribution < 1.29 is 4.79 Å². The van der Waals surface area contributed by atoms with Crippen molar-refractivity contribution in [3.63, 3.8) is 0 Å². The average molecular weight is 357 g/mol. The molecule has 5 nitrogen and oxygen atoms in total. The van der Waals surface area contributed by atoms with Crippen LogP contribution in [0.5, 0.6) is 0 Å². The number of amides is 1. The summed E-state index contributed by atoms with van der Waals surface area (Å²) in [5, 5.41) is 0. The van der Waals surface area contributed by atoms with Gasteiger partial charge in [-0.15, -0.1) is 24.8 Å². The third-order valence-electron chi connectivity index (χ3n) is 4.15. The topological polar surface area (TPSA) is 64.2 Å². The molecule has 1 amide bonds. The predicted octanol–water partition coefficient (Wildman–Crippen LogP) is 2.53. The maximum absolute atomic E-state index is 12.7. The summed E-state index contributed by atoms with van der Waals surface area (Å²) in [5.74, 6) is 0.501. The lowest BCUT2D eigenvalue weighted by atomic mass is 10.1. The van der Waals surface area contributed by atoms with Gasteiger partial charge in [0, 0.05) is 36.2 Å². The molecule has 7 heteroatoms. The first-order valence-electron chi connectivity index (χ1n) is 7.28. The summed E-state index contributed by atoms with van der Waals surface area (Å²) in [6.07, 6.45) is 6.31. The van der Waals surface area contributed by atoms with Crippen molar-refractivity contribution >= 4 is 30.7 Å². The highest BCUT2D eigenvalue weighted by Crippen LogP contribution is 2.24. The van der Waals surface area contributed by atoms with Crippen molar-refractivity contribution in [2.45, 2.75) is 19.4 Å². The summed E-state index contributed by atoms with van der Waals surface area (Å²) >= 11 is 0. The molecule has 0 aliphatic carbocycles. The molecule has 2 aromatic rings. The number of halogens is 2. The fourth-order valence-electron chi connectivity index (χ4n) is 2.97. The Labute approximate surface area is 148 Å². The zero-order valence-electron chi connectivity index (χ0n) is 13.0. The highest BCUT2D eigenvalue weighted by molar-refractivity contribution is 5.95. The van der Waals surface area contributed by atoms with E-state index in [-0.39, 0.29) is 36.8 Å². The molecule has 0 bridgehead atoms. The van der Waals surface area contributed by atoms with Crippen LogP contribution in [0.25, 0.3) is 5.69 Å². The quantitative estimate of drug-likeness (QED) is 0.918. The van der Waals surface area contributed by atoms with Gasteiger partial charge in [0.05, 0.1) is 6.33 Å². The molecule has 1 aromatic heterocycles. The first-order chi connectivity index (χ1) is 10.2. The number of aromatic nitrogens is 2. The molecule has 1 aromatic carbocycles. The van der Waals surface area contributed by atoms with Crippen LogP contribution in [0.2, 0.25) is 0 Å². The molecule has 0 radical (unpaired) electrons. The molecule has 0 saturated carbocycles. The van der Waals surface area contributed by atoms with Crippen molar-refractivity contribution in [1.29, 1.82) is 0 Å². The minimum Gasteiger partial charge on any atom is -0.336 e. The fraction of sp³-hybridized carbons (Fsp3) is 0.375. The number of carbonyl (C=O) groups excluding carboxylic acids is 1. The molecule has 1 aliphatic heterocycles. The van der Waals surface area contributed by atoms with E-state index < -0.39 is 0 Å². The van der Waals surface area contributed by atoms with Gasteiger partial charge in [0.15, 0.2) is 0 Å². The molecule has 1 fully saturated rings. The summed E-state index contributed by atoms with van der Waals surface area (Å²) in [7, 11) is 0. The summed E-state index contributed by atoms with van der Waals surface area (Å²) in [6.45, 7) is 3.49. The Hall–Kier alpha value is -1.56. The summed E-state index contributed by atoms with van der Waals surface area (Å²) in [4.78, 5) is 18.7. The molecule has 2 unspecified atom stereocenters. The number of benzene rings is 1. The molecular weight excluding hydrogens is 335 g/mol. The summed E-state index contributed by atoms with van der Waals surface area (Å²) < 4.78 is 1.90. The first-order valence-corrected chi connectivity index (χ1v) is 7.28. The van der Waals surface area contributed by atoms with Crippen LogP contribution in [0, 0.1) is 5.92 Å². The maximum Gasteiger partial charge on any atom is 0.254 e. The first kappa shape index (κ1) is 19.5. The summed E-state index contributed by atoms with van der Waals surface area (Å²) in [6, 6.07) is 7.90. The lowest BCUT2D eigenvalue weighted by molar-refractivity contribution is 0.0743. The molecule has 2 heterocycles. The Bertz CT molecular complexity index is 633. The second kappa shape index (κ2) is 8.34. The van der Waals surface area contributed by atoms with Crippen molar-refractivity contribution in [3.8, 4) is 5.69 Å². The van der Waals surface area contributed by atoms with E-state index in [1.807, 2.05) is 39.9 Å². The fourth-order valence-corrected chi connectivity index (χ4v) is 2.97. The van der Waals surface area contributed by atoms with Crippen LogP contribution in [0.1, 0.15) is 23.7 Å². The van der Waals surface area contributed by atoms with E-state index in [0.717, 1.165) is 18.7 Å². The molecule has 2 N–H and O–H groups in total. The third-order valence-corrected chi connectivity index (χ3v) is 4.15. The molecule has 1 saturated heterocycles. The molecule has 1 aliphatic rings. The Morgan fingerprint density at radius 2 is 2.17 bits per heavy atom. The molecule has 23 heavy (non-hydrogen) atoms. The highest BCUT2D eigenvalue weighted by Gasteiger charge is 2.32. The van der Waals surface area contributed by atoms with E-state index in [2.05, 4.69) is 11.9 Å². The van der Waals surface area contributed by atoms with Crippen molar-refractivity contribution in [3.05, 3.63) is 48.5 Å². The van der Waals surface area contributed by atoms with E-state index in [1.54, 1.807) is 12.5 Å². The van der Waals surface area contributed by atoms with Gasteiger partial charge in [-0.05, 0) is 44.0 Å². The second-order valence-electron chi connectivity index (χ2n) is 5.66. The Kier molecular flexibility index (Phi) is 7.06. The smallest absolute Gasteiger partial charge is 0.254 e. The van der Waals surface area contributed by atoms with Gasteiger partial charge in [0.25, 0.3) is 5.91 Å². The molecular formula is C16H22Cl2N4O. The molecule has 3 rings (SSSR count). The van der Waals surface area contributed by atoms with Crippen molar-refractivity contribution in [1.82, 2.24) is 14.5 Å². The zero-order valence-corrected chi connectivity index (χ0v) is 14.6. The molecule has 0 spiro atoms. The molecule has 2 atom stereocenters. The van der Waals surface area contributed by atoms with Crippen LogP contribution in [-0.4, -0.2) is 39.5 Å². The van der Waals surface area contributed by atoms with Crippen LogP contribution in [0.3, 0.4) is 0 Å². The second-order valence-corrected chi connectivity index (χ2v) is 5.66. The normalized spacial score (nSPS) is 19.8. The lowest BCUT2D eigenvalue weighted by Gasteiger charge is -2.22. The van der Waals surface area contributed by atoms with E-state index in [1.165, 1.54) is 0 Å². The number of imidazole rings is 1. The van der Waals surface area contributed by atoms with Gasteiger partial charge in [-0.1, -0.05) is 6.07 Å². The SMILES string of the molecule is CC1CC(CN)CN1C(=O)c1cccc(-n2ccnc2)c1.Cl.Cl. The van der Waals surface area contributed by atoms with Gasteiger partial charge in [-0.2, -0.15) is 0 Å². The Balaban J connectivity index is 0.00000132. The number of hydrogen-bond acceptors (Lipinski definition) is 3.